The lowest BCUT2D eigenvalue weighted by molar-refractivity contribution is 0.272. The lowest BCUT2D eigenvalue weighted by atomic mass is 9.92. The Morgan fingerprint density at radius 1 is 1.33 bits per heavy atom. The minimum Gasteiger partial charge on any atom is -0.396 e. The maximum Gasteiger partial charge on any atom is 0.0451 e. The second kappa shape index (κ2) is 5.72. The zero-order valence-electron chi connectivity index (χ0n) is 11.4. The molecule has 0 spiro atoms. The number of benzene rings is 1. The fraction of sp³-hybridized carbons (Fsp3) is 0.600. The van der Waals surface area contributed by atoms with Gasteiger partial charge in [-0.3, -0.25) is 0 Å². The van der Waals surface area contributed by atoms with Crippen LogP contribution in [0.15, 0.2) is 30.3 Å². The van der Waals surface area contributed by atoms with E-state index in [0.717, 1.165) is 26.1 Å². The van der Waals surface area contributed by atoms with Crippen LogP contribution in [0.25, 0.3) is 0 Å². The van der Waals surface area contributed by atoms with E-state index >= 15 is 0 Å². The summed E-state index contributed by atoms with van der Waals surface area (Å²) < 4.78 is 0. The molecule has 3 nitrogen and oxygen atoms in total. The highest BCUT2D eigenvalue weighted by Gasteiger charge is 2.30. The first-order valence-electron chi connectivity index (χ1n) is 6.76. The van der Waals surface area contributed by atoms with Crippen molar-refractivity contribution in [1.82, 2.24) is 5.32 Å². The number of nitrogens with zero attached hydrogens (tertiary/aromatic N) is 1. The summed E-state index contributed by atoms with van der Waals surface area (Å²) in [5.74, 6) is 0. The second-order valence-electron chi connectivity index (χ2n) is 5.92. The van der Waals surface area contributed by atoms with Crippen molar-refractivity contribution in [3.05, 3.63) is 30.3 Å². The number of para-hydroxylation sites is 1. The molecule has 2 rings (SSSR count). The Morgan fingerprint density at radius 2 is 2.06 bits per heavy atom. The predicted molar refractivity (Wildman–Crippen MR) is 75.9 cm³/mol. The van der Waals surface area contributed by atoms with Crippen LogP contribution in [0.2, 0.25) is 0 Å². The molecule has 1 aromatic rings. The minimum atomic E-state index is 0.246. The highest BCUT2D eigenvalue weighted by Crippen LogP contribution is 2.26. The number of aliphatic hydroxyl groups is 1. The van der Waals surface area contributed by atoms with E-state index in [2.05, 4.69) is 48.3 Å². The normalized spacial score (nSPS) is 23.7. The van der Waals surface area contributed by atoms with Gasteiger partial charge >= 0.3 is 0 Å². The Morgan fingerprint density at radius 3 is 2.72 bits per heavy atom. The van der Waals surface area contributed by atoms with Gasteiger partial charge in [-0.2, -0.15) is 0 Å². The van der Waals surface area contributed by atoms with Crippen LogP contribution in [0.1, 0.15) is 20.3 Å². The summed E-state index contributed by atoms with van der Waals surface area (Å²) in [6, 6.07) is 10.9. The minimum absolute atomic E-state index is 0.246. The Hall–Kier alpha value is -1.06. The van der Waals surface area contributed by atoms with E-state index in [1.54, 1.807) is 0 Å². The van der Waals surface area contributed by atoms with E-state index in [-0.39, 0.29) is 12.0 Å². The first-order chi connectivity index (χ1) is 8.62. The van der Waals surface area contributed by atoms with Gasteiger partial charge in [-0.05, 0) is 24.0 Å². The van der Waals surface area contributed by atoms with Gasteiger partial charge in [0.2, 0.25) is 0 Å². The van der Waals surface area contributed by atoms with Crippen molar-refractivity contribution < 1.29 is 5.11 Å². The molecule has 0 aliphatic carbocycles. The van der Waals surface area contributed by atoms with E-state index in [9.17, 15) is 5.11 Å². The van der Waals surface area contributed by atoms with Crippen LogP contribution in [0, 0.1) is 5.41 Å². The quantitative estimate of drug-likeness (QED) is 0.857. The van der Waals surface area contributed by atoms with Crippen LogP contribution in [0.5, 0.6) is 0 Å². The Kier molecular flexibility index (Phi) is 4.25. The molecule has 1 aliphatic rings. The molecule has 2 N–H and O–H groups in total. The maximum atomic E-state index is 9.25. The molecule has 1 atom stereocenters. The molecule has 1 unspecified atom stereocenters. The van der Waals surface area contributed by atoms with Gasteiger partial charge in [0.05, 0.1) is 0 Å². The molecule has 0 amide bonds. The molecule has 0 radical (unpaired) electrons. The van der Waals surface area contributed by atoms with Crippen molar-refractivity contribution >= 4 is 5.69 Å². The number of hydrogen-bond acceptors (Lipinski definition) is 3. The average Bonchev–Trinajstić information content (AvgIpc) is 2.50. The number of rotatable bonds is 3. The Labute approximate surface area is 110 Å². The van der Waals surface area contributed by atoms with Gasteiger partial charge < -0.3 is 15.3 Å². The van der Waals surface area contributed by atoms with Crippen molar-refractivity contribution in [3.63, 3.8) is 0 Å². The summed E-state index contributed by atoms with van der Waals surface area (Å²) in [6.07, 6.45) is 0.817. The zero-order valence-corrected chi connectivity index (χ0v) is 11.4. The van der Waals surface area contributed by atoms with E-state index in [4.69, 9.17) is 0 Å². The van der Waals surface area contributed by atoms with Crippen LogP contribution in [-0.4, -0.2) is 37.4 Å². The molecule has 0 saturated carbocycles. The van der Waals surface area contributed by atoms with Gasteiger partial charge in [0.15, 0.2) is 0 Å². The van der Waals surface area contributed by atoms with E-state index < -0.39 is 0 Å². The summed E-state index contributed by atoms with van der Waals surface area (Å²) in [6.45, 7) is 7.82. The third-order valence-corrected chi connectivity index (χ3v) is 3.57. The van der Waals surface area contributed by atoms with Crippen LogP contribution in [0.4, 0.5) is 5.69 Å². The number of aliphatic hydroxyl groups excluding tert-OH is 1. The Balaban J connectivity index is 2.24. The third-order valence-electron chi connectivity index (χ3n) is 3.57. The fourth-order valence-corrected chi connectivity index (χ4v) is 2.66. The highest BCUT2D eigenvalue weighted by molar-refractivity contribution is 5.47. The molecule has 100 valence electrons. The van der Waals surface area contributed by atoms with Crippen molar-refractivity contribution in [1.29, 1.82) is 0 Å². The van der Waals surface area contributed by atoms with Crippen LogP contribution >= 0.6 is 0 Å². The van der Waals surface area contributed by atoms with Crippen LogP contribution < -0.4 is 10.2 Å². The maximum absolute atomic E-state index is 9.25. The number of anilines is 1. The summed E-state index contributed by atoms with van der Waals surface area (Å²) >= 11 is 0. The highest BCUT2D eigenvalue weighted by atomic mass is 16.3. The van der Waals surface area contributed by atoms with Gasteiger partial charge in [-0.25, -0.2) is 0 Å². The topological polar surface area (TPSA) is 35.5 Å². The lowest BCUT2D eigenvalue weighted by Crippen LogP contribution is -2.42. The second-order valence-corrected chi connectivity index (χ2v) is 5.92. The van der Waals surface area contributed by atoms with Gasteiger partial charge in [0.1, 0.15) is 0 Å². The molecule has 1 aliphatic heterocycles. The van der Waals surface area contributed by atoms with Gasteiger partial charge in [-0.1, -0.05) is 32.0 Å². The standard InChI is InChI=1S/C15H24N2O/c1-15(2)11-16-10-14(8-9-18)17(12-15)13-6-4-3-5-7-13/h3-7,14,16,18H,8-12H2,1-2H3. The first kappa shape index (κ1) is 13.4. The van der Waals surface area contributed by atoms with Crippen molar-refractivity contribution in [2.24, 2.45) is 5.41 Å². The molecule has 0 bridgehead atoms. The van der Waals surface area contributed by atoms with Crippen molar-refractivity contribution in [2.45, 2.75) is 26.3 Å². The fourth-order valence-electron chi connectivity index (χ4n) is 2.66. The number of hydrogen-bond donors (Lipinski definition) is 2. The number of nitrogens with one attached hydrogen (secondary N) is 1. The SMILES string of the molecule is CC1(C)CNCC(CCO)N(c2ccccc2)C1. The van der Waals surface area contributed by atoms with Gasteiger partial charge in [0, 0.05) is 38.0 Å². The zero-order chi connectivity index (χ0) is 13.0. The van der Waals surface area contributed by atoms with Gasteiger partial charge in [0.25, 0.3) is 0 Å². The third kappa shape index (κ3) is 3.24. The van der Waals surface area contributed by atoms with E-state index in [1.165, 1.54) is 5.69 Å². The average molecular weight is 248 g/mol. The first-order valence-corrected chi connectivity index (χ1v) is 6.76. The molecule has 18 heavy (non-hydrogen) atoms. The van der Waals surface area contributed by atoms with Crippen LogP contribution in [-0.2, 0) is 0 Å². The van der Waals surface area contributed by atoms with Crippen molar-refractivity contribution in [2.75, 3.05) is 31.1 Å². The monoisotopic (exact) mass is 248 g/mol. The molecular weight excluding hydrogens is 224 g/mol. The molecule has 1 fully saturated rings. The van der Waals surface area contributed by atoms with E-state index in [0.29, 0.717) is 6.04 Å². The van der Waals surface area contributed by atoms with Gasteiger partial charge in [-0.15, -0.1) is 0 Å². The molecule has 1 heterocycles. The molecule has 1 saturated heterocycles. The smallest absolute Gasteiger partial charge is 0.0451 e. The summed E-state index contributed by atoms with van der Waals surface area (Å²) in [4.78, 5) is 2.44. The largest absolute Gasteiger partial charge is 0.396 e. The lowest BCUT2D eigenvalue weighted by Gasteiger charge is -2.35. The summed E-state index contributed by atoms with van der Waals surface area (Å²) in [7, 11) is 0. The predicted octanol–water partition coefficient (Wildman–Crippen LogP) is 1.87. The molecule has 0 aromatic heterocycles. The van der Waals surface area contributed by atoms with Crippen molar-refractivity contribution in [3.8, 4) is 0 Å². The summed E-state index contributed by atoms with van der Waals surface area (Å²) in [5, 5.41) is 12.8. The Bertz CT molecular complexity index is 364. The molecular formula is C15H24N2O. The molecule has 1 aromatic carbocycles. The van der Waals surface area contributed by atoms with Crippen LogP contribution in [0.3, 0.4) is 0 Å². The van der Waals surface area contributed by atoms with E-state index in [1.807, 2.05) is 6.07 Å². The summed E-state index contributed by atoms with van der Waals surface area (Å²) in [5.41, 5.74) is 1.51. The molecule has 3 heteroatoms.